The van der Waals surface area contributed by atoms with Crippen LogP contribution in [0, 0.1) is 0 Å². The summed E-state index contributed by atoms with van der Waals surface area (Å²) in [6, 6.07) is 7.96. The Kier molecular flexibility index (Phi) is 7.95. The molecule has 0 spiro atoms. The molecular formula is C17H24N2O8. The molecule has 1 fully saturated rings. The average Bonchev–Trinajstić information content (AvgIpc) is 2.69. The standard InChI is InChI=1S/C17H24N2O8/c1-25-16-13(15(23)14(22)11(8-20)27-16)19-12(21)7-18-17(24)26-9-10-5-3-2-4-6-10/h2-6,11,13-16,20,22-23H,7-9H2,1H3,(H,18,24)(H,19,21)/t11-,13-,14-,15-,16+/m1/s1. The predicted molar refractivity (Wildman–Crippen MR) is 91.3 cm³/mol. The molecule has 2 rings (SSSR count). The van der Waals surface area contributed by atoms with Crippen LogP contribution in [0.1, 0.15) is 5.56 Å². The Morgan fingerprint density at radius 2 is 1.89 bits per heavy atom. The van der Waals surface area contributed by atoms with Gasteiger partial charge in [-0.3, -0.25) is 4.79 Å². The van der Waals surface area contributed by atoms with E-state index in [-0.39, 0.29) is 6.61 Å². The molecule has 0 aliphatic carbocycles. The van der Waals surface area contributed by atoms with Gasteiger partial charge in [0.2, 0.25) is 5.91 Å². The maximum absolute atomic E-state index is 12.0. The summed E-state index contributed by atoms with van der Waals surface area (Å²) < 4.78 is 15.3. The molecule has 1 heterocycles. The van der Waals surface area contributed by atoms with Crippen molar-refractivity contribution < 1.29 is 39.1 Å². The number of methoxy groups -OCH3 is 1. The first-order valence-electron chi connectivity index (χ1n) is 8.35. The SMILES string of the molecule is CO[C@H]1O[C@H](CO)[C@@H](O)[C@H](O)[C@H]1NC(=O)CNC(=O)OCc1ccccc1. The monoisotopic (exact) mass is 384 g/mol. The van der Waals surface area contributed by atoms with Gasteiger partial charge in [0.15, 0.2) is 6.29 Å². The lowest BCUT2D eigenvalue weighted by atomic mass is 9.97. The fraction of sp³-hybridized carbons (Fsp3) is 0.529. The fourth-order valence-electron chi connectivity index (χ4n) is 2.60. The highest BCUT2D eigenvalue weighted by Crippen LogP contribution is 2.21. The highest BCUT2D eigenvalue weighted by atomic mass is 16.7. The smallest absolute Gasteiger partial charge is 0.407 e. The van der Waals surface area contributed by atoms with Crippen LogP contribution in [-0.2, 0) is 25.6 Å². The number of alkyl carbamates (subject to hydrolysis) is 1. The molecule has 10 heteroatoms. The third kappa shape index (κ3) is 5.88. The second-order valence-electron chi connectivity index (χ2n) is 5.95. The van der Waals surface area contributed by atoms with E-state index in [1.165, 1.54) is 7.11 Å². The van der Waals surface area contributed by atoms with Crippen molar-refractivity contribution in [2.45, 2.75) is 37.3 Å². The second kappa shape index (κ2) is 10.2. The Labute approximate surface area is 156 Å². The van der Waals surface area contributed by atoms with Crippen LogP contribution in [0.2, 0.25) is 0 Å². The third-order valence-corrected chi connectivity index (χ3v) is 4.05. The van der Waals surface area contributed by atoms with E-state index in [4.69, 9.17) is 19.3 Å². The number of amides is 2. The van der Waals surface area contributed by atoms with E-state index in [1.807, 2.05) is 18.2 Å². The molecule has 1 aromatic carbocycles. The van der Waals surface area contributed by atoms with Crippen molar-refractivity contribution in [3.8, 4) is 0 Å². The van der Waals surface area contributed by atoms with Gasteiger partial charge in [-0.05, 0) is 5.56 Å². The Morgan fingerprint density at radius 1 is 1.19 bits per heavy atom. The maximum Gasteiger partial charge on any atom is 0.407 e. The first kappa shape index (κ1) is 21.1. The molecule has 5 atom stereocenters. The molecule has 10 nitrogen and oxygen atoms in total. The van der Waals surface area contributed by atoms with Crippen LogP contribution in [0.25, 0.3) is 0 Å². The molecule has 1 aliphatic heterocycles. The van der Waals surface area contributed by atoms with Crippen molar-refractivity contribution in [1.29, 1.82) is 0 Å². The van der Waals surface area contributed by atoms with Gasteiger partial charge >= 0.3 is 6.09 Å². The summed E-state index contributed by atoms with van der Waals surface area (Å²) in [5, 5.41) is 33.9. The number of hydrogen-bond donors (Lipinski definition) is 5. The van der Waals surface area contributed by atoms with Crippen molar-refractivity contribution in [3.63, 3.8) is 0 Å². The first-order chi connectivity index (χ1) is 13.0. The molecule has 0 saturated carbocycles. The molecule has 0 radical (unpaired) electrons. The van der Waals surface area contributed by atoms with Gasteiger partial charge < -0.3 is 40.2 Å². The first-order valence-corrected chi connectivity index (χ1v) is 8.35. The van der Waals surface area contributed by atoms with Crippen LogP contribution in [-0.4, -0.2) is 78.2 Å². The van der Waals surface area contributed by atoms with E-state index >= 15 is 0 Å². The van der Waals surface area contributed by atoms with Crippen molar-refractivity contribution in [1.82, 2.24) is 10.6 Å². The summed E-state index contributed by atoms with van der Waals surface area (Å²) in [5.74, 6) is -0.643. The van der Waals surface area contributed by atoms with Gasteiger partial charge in [-0.2, -0.15) is 0 Å². The summed E-state index contributed by atoms with van der Waals surface area (Å²) in [7, 11) is 1.29. The van der Waals surface area contributed by atoms with Gasteiger partial charge in [-0.1, -0.05) is 30.3 Å². The van der Waals surface area contributed by atoms with Crippen LogP contribution in [0.4, 0.5) is 4.79 Å². The van der Waals surface area contributed by atoms with E-state index in [2.05, 4.69) is 10.6 Å². The minimum absolute atomic E-state index is 0.0595. The number of aliphatic hydroxyl groups excluding tert-OH is 3. The zero-order chi connectivity index (χ0) is 19.8. The molecule has 1 saturated heterocycles. The van der Waals surface area contributed by atoms with Gasteiger partial charge in [0.1, 0.15) is 37.5 Å². The van der Waals surface area contributed by atoms with E-state index in [0.29, 0.717) is 0 Å². The van der Waals surface area contributed by atoms with Gasteiger partial charge in [0.25, 0.3) is 0 Å². The number of hydrogen-bond acceptors (Lipinski definition) is 8. The predicted octanol–water partition coefficient (Wildman–Crippen LogP) is -1.52. The maximum atomic E-state index is 12.0. The van der Waals surface area contributed by atoms with Crippen LogP contribution in [0.15, 0.2) is 30.3 Å². The average molecular weight is 384 g/mol. The zero-order valence-electron chi connectivity index (χ0n) is 14.8. The third-order valence-electron chi connectivity index (χ3n) is 4.05. The Balaban J connectivity index is 1.79. The van der Waals surface area contributed by atoms with E-state index < -0.39 is 55.8 Å². The molecule has 1 aromatic rings. The number of ether oxygens (including phenoxy) is 3. The van der Waals surface area contributed by atoms with Crippen LogP contribution in [0.5, 0.6) is 0 Å². The molecule has 5 N–H and O–H groups in total. The Morgan fingerprint density at radius 3 is 2.52 bits per heavy atom. The minimum atomic E-state index is -1.42. The lowest BCUT2D eigenvalue weighted by molar-refractivity contribution is -0.262. The van der Waals surface area contributed by atoms with Crippen molar-refractivity contribution in [3.05, 3.63) is 35.9 Å². The summed E-state index contributed by atoms with van der Waals surface area (Å²) in [5.41, 5.74) is 0.801. The number of carbonyl (C=O) groups excluding carboxylic acids is 2. The van der Waals surface area contributed by atoms with Crippen molar-refractivity contribution in [2.75, 3.05) is 20.3 Å². The van der Waals surface area contributed by atoms with E-state index in [0.717, 1.165) is 5.56 Å². The topological polar surface area (TPSA) is 147 Å². The summed E-state index contributed by atoms with van der Waals surface area (Å²) in [6.45, 7) is -0.871. The lowest BCUT2D eigenvalue weighted by Crippen LogP contribution is -2.65. The fourth-order valence-corrected chi connectivity index (χ4v) is 2.60. The largest absolute Gasteiger partial charge is 0.445 e. The van der Waals surface area contributed by atoms with E-state index in [9.17, 15) is 19.8 Å². The van der Waals surface area contributed by atoms with Gasteiger partial charge in [-0.25, -0.2) is 4.79 Å². The molecule has 2 amide bonds. The van der Waals surface area contributed by atoms with E-state index in [1.54, 1.807) is 12.1 Å². The molecule has 0 unspecified atom stereocenters. The highest BCUT2D eigenvalue weighted by Gasteiger charge is 2.45. The number of carbonyl (C=O) groups is 2. The summed E-state index contributed by atoms with van der Waals surface area (Å²) in [6.07, 6.45) is -5.72. The summed E-state index contributed by atoms with van der Waals surface area (Å²) >= 11 is 0. The van der Waals surface area contributed by atoms with Crippen molar-refractivity contribution >= 4 is 12.0 Å². The molecule has 27 heavy (non-hydrogen) atoms. The Hall–Kier alpha value is -2.24. The lowest BCUT2D eigenvalue weighted by Gasteiger charge is -2.41. The van der Waals surface area contributed by atoms with Gasteiger partial charge in [0.05, 0.1) is 6.61 Å². The number of nitrogens with one attached hydrogen (secondary N) is 2. The van der Waals surface area contributed by atoms with Crippen LogP contribution in [0.3, 0.4) is 0 Å². The normalized spacial score (nSPS) is 27.6. The van der Waals surface area contributed by atoms with Crippen LogP contribution < -0.4 is 10.6 Å². The Bertz CT molecular complexity index is 612. The quantitative estimate of drug-likeness (QED) is 0.381. The molecule has 150 valence electrons. The molecule has 1 aliphatic rings. The van der Waals surface area contributed by atoms with Crippen molar-refractivity contribution in [2.24, 2.45) is 0 Å². The number of aliphatic hydroxyl groups is 3. The molecule has 0 bridgehead atoms. The summed E-state index contributed by atoms with van der Waals surface area (Å²) in [4.78, 5) is 23.7. The van der Waals surface area contributed by atoms with Crippen LogP contribution >= 0.6 is 0 Å². The minimum Gasteiger partial charge on any atom is -0.445 e. The molecule has 0 aromatic heterocycles. The number of benzene rings is 1. The highest BCUT2D eigenvalue weighted by molar-refractivity contribution is 5.82. The van der Waals surface area contributed by atoms with Gasteiger partial charge in [-0.15, -0.1) is 0 Å². The molecular weight excluding hydrogens is 360 g/mol. The van der Waals surface area contributed by atoms with Gasteiger partial charge in [0, 0.05) is 7.11 Å². The second-order valence-corrected chi connectivity index (χ2v) is 5.95. The number of rotatable bonds is 7. The zero-order valence-corrected chi connectivity index (χ0v) is 14.8.